The molecule has 7 heteroatoms. The number of hydrogen-bond donors (Lipinski definition) is 0. The summed E-state index contributed by atoms with van der Waals surface area (Å²) >= 11 is 0. The summed E-state index contributed by atoms with van der Waals surface area (Å²) in [6.07, 6.45) is 0. The van der Waals surface area contributed by atoms with Gasteiger partial charge in [0.25, 0.3) is 0 Å². The van der Waals surface area contributed by atoms with E-state index in [9.17, 15) is 17.8 Å². The van der Waals surface area contributed by atoms with Crippen LogP contribution in [0.1, 0.15) is 6.92 Å². The summed E-state index contributed by atoms with van der Waals surface area (Å²) in [7, 11) is -4.44. The Morgan fingerprint density at radius 2 is 1.73 bits per heavy atom. The number of benzene rings is 1. The van der Waals surface area contributed by atoms with Crippen LogP contribution >= 0.6 is 0 Å². The predicted octanol–water partition coefficient (Wildman–Crippen LogP) is -2.48. The summed E-state index contributed by atoms with van der Waals surface area (Å²) < 4.78 is 36.2. The van der Waals surface area contributed by atoms with Crippen LogP contribution in [0, 0.1) is 0 Å². The van der Waals surface area contributed by atoms with Crippen molar-refractivity contribution in [3.8, 4) is 5.75 Å². The van der Waals surface area contributed by atoms with E-state index in [0.717, 1.165) is 12.1 Å². The second kappa shape index (κ2) is 6.09. The predicted molar refractivity (Wildman–Crippen MR) is 45.7 cm³/mol. The van der Waals surface area contributed by atoms with Gasteiger partial charge in [0.2, 0.25) is 0 Å². The van der Waals surface area contributed by atoms with Crippen LogP contribution in [-0.2, 0) is 14.9 Å². The molecule has 15 heavy (non-hydrogen) atoms. The third kappa shape index (κ3) is 5.21. The minimum absolute atomic E-state index is 0. The minimum Gasteiger partial charge on any atom is -0.744 e. The molecule has 0 fully saturated rings. The molecule has 0 bridgehead atoms. The summed E-state index contributed by atoms with van der Waals surface area (Å²) in [6, 6.07) is 4.65. The SMILES string of the molecule is CC(=O)Oc1ccc(S(=O)(=O)[O-])cc1.[K+]. The fraction of sp³-hybridized carbons (Fsp3) is 0.125. The van der Waals surface area contributed by atoms with E-state index in [4.69, 9.17) is 0 Å². The van der Waals surface area contributed by atoms with Gasteiger partial charge in [-0.05, 0) is 24.3 Å². The summed E-state index contributed by atoms with van der Waals surface area (Å²) in [5.74, 6) is -0.312. The summed E-state index contributed by atoms with van der Waals surface area (Å²) in [5.41, 5.74) is 0. The molecule has 0 amide bonds. The number of carbonyl (C=O) groups is 1. The normalized spacial score (nSPS) is 10.3. The maximum absolute atomic E-state index is 10.5. The van der Waals surface area contributed by atoms with E-state index >= 15 is 0 Å². The van der Waals surface area contributed by atoms with Crippen molar-refractivity contribution >= 4 is 16.1 Å². The Labute approximate surface area is 130 Å². The quantitative estimate of drug-likeness (QED) is 0.252. The monoisotopic (exact) mass is 254 g/mol. The first kappa shape index (κ1) is 15.2. The smallest absolute Gasteiger partial charge is 0.744 e. The molecule has 0 aromatic heterocycles. The number of esters is 1. The topological polar surface area (TPSA) is 83.5 Å². The maximum atomic E-state index is 10.5. The van der Waals surface area contributed by atoms with Gasteiger partial charge in [-0.2, -0.15) is 0 Å². The second-order valence-corrected chi connectivity index (χ2v) is 3.90. The average molecular weight is 254 g/mol. The molecule has 0 N–H and O–H groups in total. The van der Waals surface area contributed by atoms with Crippen LogP contribution in [0.2, 0.25) is 0 Å². The van der Waals surface area contributed by atoms with Gasteiger partial charge in [0, 0.05) is 6.92 Å². The van der Waals surface area contributed by atoms with E-state index < -0.39 is 16.1 Å². The van der Waals surface area contributed by atoms with Crippen LogP contribution in [0.15, 0.2) is 29.2 Å². The van der Waals surface area contributed by atoms with Crippen molar-refractivity contribution in [3.63, 3.8) is 0 Å². The second-order valence-electron chi connectivity index (χ2n) is 2.52. The number of hydrogen-bond acceptors (Lipinski definition) is 5. The van der Waals surface area contributed by atoms with Crippen molar-refractivity contribution in [2.75, 3.05) is 0 Å². The molecule has 0 unspecified atom stereocenters. The summed E-state index contributed by atoms with van der Waals surface area (Å²) in [5, 5.41) is 0. The molecule has 0 aliphatic heterocycles. The van der Waals surface area contributed by atoms with Gasteiger partial charge in [-0.25, -0.2) is 8.42 Å². The van der Waals surface area contributed by atoms with Crippen LogP contribution in [0.25, 0.3) is 0 Å². The molecular formula is C8H7KO5S. The molecular weight excluding hydrogens is 247 g/mol. The molecule has 1 aromatic rings. The van der Waals surface area contributed by atoms with Gasteiger partial charge in [-0.3, -0.25) is 4.79 Å². The Kier molecular flexibility index (Phi) is 6.19. The Morgan fingerprint density at radius 3 is 2.07 bits per heavy atom. The van der Waals surface area contributed by atoms with Crippen molar-refractivity contribution in [2.45, 2.75) is 11.8 Å². The van der Waals surface area contributed by atoms with Gasteiger partial charge >= 0.3 is 57.4 Å². The minimum atomic E-state index is -4.44. The van der Waals surface area contributed by atoms with Crippen LogP contribution in [0.3, 0.4) is 0 Å². The number of rotatable bonds is 2. The summed E-state index contributed by atoms with van der Waals surface area (Å²) in [6.45, 7) is 1.22. The van der Waals surface area contributed by atoms with Gasteiger partial charge in [-0.15, -0.1) is 0 Å². The van der Waals surface area contributed by atoms with Gasteiger partial charge in [0.15, 0.2) is 0 Å². The van der Waals surface area contributed by atoms with E-state index in [-0.39, 0.29) is 62.0 Å². The zero-order valence-electron chi connectivity index (χ0n) is 8.26. The van der Waals surface area contributed by atoms with Gasteiger partial charge in [-0.1, -0.05) is 0 Å². The van der Waals surface area contributed by atoms with Crippen LogP contribution < -0.4 is 56.1 Å². The largest absolute Gasteiger partial charge is 1.00 e. The van der Waals surface area contributed by atoms with Crippen molar-refractivity contribution < 1.29 is 73.9 Å². The Bertz CT molecular complexity index is 437. The number of carbonyl (C=O) groups excluding carboxylic acids is 1. The molecule has 5 nitrogen and oxygen atoms in total. The third-order valence-electron chi connectivity index (χ3n) is 1.37. The molecule has 0 heterocycles. The molecule has 1 aromatic carbocycles. The van der Waals surface area contributed by atoms with E-state index in [0.29, 0.717) is 0 Å². The Hall–Kier alpha value is 0.236. The van der Waals surface area contributed by atoms with Gasteiger partial charge in [0.05, 0.1) is 4.90 Å². The Balaban J connectivity index is 0.00000196. The van der Waals surface area contributed by atoms with E-state index in [1.807, 2.05) is 0 Å². The Morgan fingerprint density at radius 1 is 1.27 bits per heavy atom. The van der Waals surface area contributed by atoms with Crippen molar-refractivity contribution in [1.29, 1.82) is 0 Å². The zero-order chi connectivity index (χ0) is 10.8. The van der Waals surface area contributed by atoms with Crippen molar-refractivity contribution in [1.82, 2.24) is 0 Å². The summed E-state index contributed by atoms with van der Waals surface area (Å²) in [4.78, 5) is 10.1. The fourth-order valence-electron chi connectivity index (χ4n) is 0.840. The van der Waals surface area contributed by atoms with Crippen molar-refractivity contribution in [3.05, 3.63) is 24.3 Å². The molecule has 0 saturated heterocycles. The first-order chi connectivity index (χ1) is 6.39. The first-order valence-electron chi connectivity index (χ1n) is 3.64. The average Bonchev–Trinajstić information content (AvgIpc) is 2.02. The molecule has 76 valence electrons. The van der Waals surface area contributed by atoms with Crippen molar-refractivity contribution in [2.24, 2.45) is 0 Å². The van der Waals surface area contributed by atoms with Gasteiger partial charge < -0.3 is 9.29 Å². The molecule has 0 spiro atoms. The third-order valence-corrected chi connectivity index (χ3v) is 2.22. The van der Waals surface area contributed by atoms with E-state index in [1.54, 1.807) is 0 Å². The fourth-order valence-corrected chi connectivity index (χ4v) is 1.31. The molecule has 0 saturated carbocycles. The number of ether oxygens (including phenoxy) is 1. The molecule has 0 atom stereocenters. The van der Waals surface area contributed by atoms with Crippen LogP contribution in [0.4, 0.5) is 0 Å². The van der Waals surface area contributed by atoms with Crippen LogP contribution in [0.5, 0.6) is 5.75 Å². The first-order valence-corrected chi connectivity index (χ1v) is 5.05. The molecule has 0 aliphatic carbocycles. The van der Waals surface area contributed by atoms with Crippen LogP contribution in [-0.4, -0.2) is 18.9 Å². The van der Waals surface area contributed by atoms with Gasteiger partial charge in [0.1, 0.15) is 15.9 Å². The maximum Gasteiger partial charge on any atom is 1.00 e. The zero-order valence-corrected chi connectivity index (χ0v) is 12.2. The van der Waals surface area contributed by atoms with E-state index in [1.165, 1.54) is 19.1 Å². The molecule has 0 radical (unpaired) electrons. The standard InChI is InChI=1S/C8H8O5S.K/c1-6(9)13-7-2-4-8(5-3-7)14(10,11)12;/h2-5H,1H3,(H,10,11,12);/q;+1/p-1. The molecule has 1 rings (SSSR count). The molecule has 0 aliphatic rings. The van der Waals surface area contributed by atoms with E-state index in [2.05, 4.69) is 4.74 Å².